The largest absolute Gasteiger partial charge is 0.493 e. The van der Waals surface area contributed by atoms with Crippen molar-refractivity contribution in [3.05, 3.63) is 65.2 Å². The lowest BCUT2D eigenvalue weighted by molar-refractivity contribution is -0.151. The average molecular weight is 453 g/mol. The summed E-state index contributed by atoms with van der Waals surface area (Å²) >= 11 is 0. The molecule has 0 radical (unpaired) electrons. The summed E-state index contributed by atoms with van der Waals surface area (Å²) in [7, 11) is 0. The molecule has 0 bridgehead atoms. The number of rotatable bonds is 9. The predicted molar refractivity (Wildman–Crippen MR) is 125 cm³/mol. The van der Waals surface area contributed by atoms with Crippen LogP contribution in [-0.4, -0.2) is 37.0 Å². The van der Waals surface area contributed by atoms with Gasteiger partial charge in [-0.2, -0.15) is 0 Å². The Hall–Kier alpha value is -3.35. The molecule has 0 unspecified atom stereocenters. The summed E-state index contributed by atoms with van der Waals surface area (Å²) in [5, 5.41) is 5.69. The van der Waals surface area contributed by atoms with E-state index in [0.717, 1.165) is 24.8 Å². The summed E-state index contributed by atoms with van der Waals surface area (Å²) in [5.74, 6) is -1.22. The summed E-state index contributed by atoms with van der Waals surface area (Å²) in [6.45, 7) is 5.46. The van der Waals surface area contributed by atoms with Crippen molar-refractivity contribution in [2.45, 2.75) is 52.1 Å². The lowest BCUT2D eigenvalue weighted by Gasteiger charge is -2.26. The van der Waals surface area contributed by atoms with E-state index in [0.29, 0.717) is 17.9 Å². The third kappa shape index (κ3) is 6.34. The molecule has 0 aromatic heterocycles. The van der Waals surface area contributed by atoms with E-state index < -0.39 is 24.5 Å². The van der Waals surface area contributed by atoms with Crippen LogP contribution < -0.4 is 15.4 Å². The van der Waals surface area contributed by atoms with Gasteiger partial charge in [-0.05, 0) is 55.4 Å². The van der Waals surface area contributed by atoms with Crippen molar-refractivity contribution in [1.82, 2.24) is 10.6 Å². The van der Waals surface area contributed by atoms with E-state index in [1.54, 1.807) is 38.1 Å². The number of fused-ring (bicyclic) bond motifs is 1. The van der Waals surface area contributed by atoms with Crippen LogP contribution in [0.15, 0.2) is 48.5 Å². The number of benzene rings is 2. The molecule has 2 N–H and O–H groups in total. The third-order valence-corrected chi connectivity index (χ3v) is 5.69. The van der Waals surface area contributed by atoms with Gasteiger partial charge in [-0.15, -0.1) is 0 Å². The first-order valence-electron chi connectivity index (χ1n) is 11.5. The van der Waals surface area contributed by atoms with E-state index in [4.69, 9.17) is 9.47 Å². The molecule has 176 valence electrons. The topological polar surface area (TPSA) is 93.7 Å². The summed E-state index contributed by atoms with van der Waals surface area (Å²) < 4.78 is 10.8. The van der Waals surface area contributed by atoms with Crippen LogP contribution in [0.4, 0.5) is 0 Å². The smallest absolute Gasteiger partial charge is 0.329 e. The maximum atomic E-state index is 12.8. The number of carbonyl (C=O) groups is 3. The quantitative estimate of drug-likeness (QED) is 0.567. The number of aryl methyl sites for hydroxylation is 1. The lowest BCUT2D eigenvalue weighted by atomic mass is 9.88. The van der Waals surface area contributed by atoms with Crippen molar-refractivity contribution in [1.29, 1.82) is 0 Å². The van der Waals surface area contributed by atoms with Gasteiger partial charge in [-0.3, -0.25) is 9.59 Å². The van der Waals surface area contributed by atoms with Crippen LogP contribution in [0.25, 0.3) is 0 Å². The molecular weight excluding hydrogens is 420 g/mol. The van der Waals surface area contributed by atoms with Gasteiger partial charge in [0, 0.05) is 0 Å². The second kappa shape index (κ2) is 11.5. The Morgan fingerprint density at radius 2 is 1.79 bits per heavy atom. The van der Waals surface area contributed by atoms with Crippen molar-refractivity contribution in [3.8, 4) is 5.75 Å². The van der Waals surface area contributed by atoms with Crippen molar-refractivity contribution in [3.63, 3.8) is 0 Å². The molecule has 2 aromatic rings. The number of carbonyl (C=O) groups excluding carboxylic acids is 3. The maximum absolute atomic E-state index is 12.8. The molecule has 0 saturated heterocycles. The van der Waals surface area contributed by atoms with E-state index in [1.165, 1.54) is 5.56 Å². The number of hydrogen-bond donors (Lipinski definition) is 2. The van der Waals surface area contributed by atoms with Crippen LogP contribution >= 0.6 is 0 Å². The molecule has 7 nitrogen and oxygen atoms in total. The molecule has 7 heteroatoms. The highest BCUT2D eigenvalue weighted by Crippen LogP contribution is 2.29. The molecular formula is C26H32N2O5. The zero-order valence-corrected chi connectivity index (χ0v) is 19.4. The fourth-order valence-corrected chi connectivity index (χ4v) is 4.02. The standard InChI is InChI=1S/C26H32N2O5/c1-4-32-22-15-8-7-13-20(22)25(30)28-24(17(2)3)26(31)33-16-23(29)27-21-14-9-11-18-10-5-6-12-19(18)21/h5-8,10,12-13,15,17,21,24H,4,9,11,14,16H2,1-3H3,(H,27,29)(H,28,30)/t21-,24+/m0/s1. The first-order valence-corrected chi connectivity index (χ1v) is 11.5. The zero-order valence-electron chi connectivity index (χ0n) is 19.4. The van der Waals surface area contributed by atoms with Crippen molar-refractivity contribution in [2.24, 2.45) is 5.92 Å². The number of para-hydroxylation sites is 1. The van der Waals surface area contributed by atoms with Gasteiger partial charge in [0.2, 0.25) is 0 Å². The molecule has 2 amide bonds. The predicted octanol–water partition coefficient (Wildman–Crippen LogP) is 3.58. The molecule has 3 rings (SSSR count). The molecule has 1 aliphatic rings. The molecule has 0 heterocycles. The number of ether oxygens (including phenoxy) is 2. The Labute approximate surface area is 194 Å². The molecule has 2 atom stereocenters. The van der Waals surface area contributed by atoms with E-state index in [1.807, 2.05) is 25.1 Å². The van der Waals surface area contributed by atoms with Crippen molar-refractivity contribution in [2.75, 3.05) is 13.2 Å². The fraction of sp³-hybridized carbons (Fsp3) is 0.423. The molecule has 0 saturated carbocycles. The minimum absolute atomic E-state index is 0.0863. The maximum Gasteiger partial charge on any atom is 0.329 e. The molecule has 2 aromatic carbocycles. The van der Waals surface area contributed by atoms with Gasteiger partial charge in [-0.25, -0.2) is 4.79 Å². The van der Waals surface area contributed by atoms with Gasteiger partial charge in [0.15, 0.2) is 6.61 Å². The Morgan fingerprint density at radius 1 is 1.06 bits per heavy atom. The molecule has 1 aliphatic carbocycles. The molecule has 0 aliphatic heterocycles. The van der Waals surface area contributed by atoms with E-state index in [-0.39, 0.29) is 17.9 Å². The first kappa shape index (κ1) is 24.3. The second-order valence-electron chi connectivity index (χ2n) is 8.44. The number of hydrogen-bond acceptors (Lipinski definition) is 5. The third-order valence-electron chi connectivity index (χ3n) is 5.69. The van der Waals surface area contributed by atoms with E-state index >= 15 is 0 Å². The van der Waals surface area contributed by atoms with Crippen LogP contribution in [0.2, 0.25) is 0 Å². The van der Waals surface area contributed by atoms with Gasteiger partial charge >= 0.3 is 5.97 Å². The Kier molecular flexibility index (Phi) is 8.46. The van der Waals surface area contributed by atoms with Crippen molar-refractivity contribution >= 4 is 17.8 Å². The normalized spacial score (nSPS) is 15.8. The van der Waals surface area contributed by atoms with Crippen LogP contribution in [0.1, 0.15) is 61.1 Å². The Balaban J connectivity index is 1.57. The zero-order chi connectivity index (χ0) is 23.8. The fourth-order valence-electron chi connectivity index (χ4n) is 4.02. The summed E-state index contributed by atoms with van der Waals surface area (Å²) in [4.78, 5) is 38.0. The summed E-state index contributed by atoms with van der Waals surface area (Å²) in [6.07, 6.45) is 2.84. The van der Waals surface area contributed by atoms with Crippen molar-refractivity contribution < 1.29 is 23.9 Å². The van der Waals surface area contributed by atoms with Crippen LogP contribution in [-0.2, 0) is 20.7 Å². The van der Waals surface area contributed by atoms with Crippen LogP contribution in [0.5, 0.6) is 5.75 Å². The highest BCUT2D eigenvalue weighted by Gasteiger charge is 2.28. The molecule has 0 spiro atoms. The second-order valence-corrected chi connectivity index (χ2v) is 8.44. The number of nitrogens with one attached hydrogen (secondary N) is 2. The average Bonchev–Trinajstić information content (AvgIpc) is 2.81. The Morgan fingerprint density at radius 3 is 2.55 bits per heavy atom. The summed E-state index contributed by atoms with van der Waals surface area (Å²) in [6, 6.07) is 13.9. The number of esters is 1. The van der Waals surface area contributed by atoms with E-state index in [9.17, 15) is 14.4 Å². The summed E-state index contributed by atoms with van der Waals surface area (Å²) in [5.41, 5.74) is 2.69. The minimum Gasteiger partial charge on any atom is -0.493 e. The Bertz CT molecular complexity index is 988. The number of amides is 2. The minimum atomic E-state index is -0.893. The monoisotopic (exact) mass is 452 g/mol. The van der Waals surface area contributed by atoms with Gasteiger partial charge in [0.1, 0.15) is 11.8 Å². The SMILES string of the molecule is CCOc1ccccc1C(=O)N[C@@H](C(=O)OCC(=O)N[C@H]1CCCc2ccccc21)C(C)C. The molecule has 0 fully saturated rings. The van der Waals surface area contributed by atoms with Gasteiger partial charge < -0.3 is 20.1 Å². The van der Waals surface area contributed by atoms with Crippen LogP contribution in [0.3, 0.4) is 0 Å². The highest BCUT2D eigenvalue weighted by atomic mass is 16.5. The van der Waals surface area contributed by atoms with Gasteiger partial charge in [-0.1, -0.05) is 50.2 Å². The van der Waals surface area contributed by atoms with E-state index in [2.05, 4.69) is 16.7 Å². The first-order chi connectivity index (χ1) is 15.9. The van der Waals surface area contributed by atoms with Gasteiger partial charge in [0.05, 0.1) is 18.2 Å². The van der Waals surface area contributed by atoms with Crippen LogP contribution in [0, 0.1) is 5.92 Å². The highest BCUT2D eigenvalue weighted by molar-refractivity contribution is 5.99. The lowest BCUT2D eigenvalue weighted by Crippen LogP contribution is -2.46. The molecule has 33 heavy (non-hydrogen) atoms. The van der Waals surface area contributed by atoms with Gasteiger partial charge in [0.25, 0.3) is 11.8 Å².